The van der Waals surface area contributed by atoms with Crippen LogP contribution >= 0.6 is 0 Å². The summed E-state index contributed by atoms with van der Waals surface area (Å²) in [4.78, 5) is 0. The number of nitrogens with zero attached hydrogens (tertiary/aromatic N) is 1. The van der Waals surface area contributed by atoms with Crippen LogP contribution in [-0.2, 0) is 4.74 Å². The molecule has 0 saturated carbocycles. The molecule has 0 aromatic heterocycles. The van der Waals surface area contributed by atoms with E-state index in [-0.39, 0.29) is 0 Å². The Labute approximate surface area is 89.2 Å². The monoisotopic (exact) mass is 206 g/mol. The Kier molecular flexibility index (Phi) is 4.45. The average Bonchev–Trinajstić information content (AvgIpc) is 2.24. The Morgan fingerprint density at radius 1 is 1.40 bits per heavy atom. The fraction of sp³-hybridized carbons (Fsp3) is 0.364. The third-order valence-corrected chi connectivity index (χ3v) is 1.92. The van der Waals surface area contributed by atoms with Crippen molar-refractivity contribution in [3.05, 3.63) is 23.8 Å². The second kappa shape index (κ2) is 5.89. The Morgan fingerprint density at radius 3 is 2.87 bits per heavy atom. The fourth-order valence-electron chi connectivity index (χ4n) is 1.17. The summed E-state index contributed by atoms with van der Waals surface area (Å²) in [7, 11) is 1.64. The maximum Gasteiger partial charge on any atom is 0.139 e. The van der Waals surface area contributed by atoms with E-state index in [1.807, 2.05) is 6.07 Å². The third kappa shape index (κ3) is 3.15. The van der Waals surface area contributed by atoms with Crippen LogP contribution in [0.2, 0.25) is 0 Å². The topological polar surface area (TPSA) is 68.3 Å². The maximum absolute atomic E-state index is 8.87. The van der Waals surface area contributed by atoms with E-state index >= 15 is 0 Å². The number of benzene rings is 1. The number of rotatable bonds is 5. The van der Waals surface area contributed by atoms with Gasteiger partial charge in [-0.2, -0.15) is 5.26 Å². The smallest absolute Gasteiger partial charge is 0.139 e. The molecule has 0 bridgehead atoms. The van der Waals surface area contributed by atoms with Crippen molar-refractivity contribution in [3.8, 4) is 11.8 Å². The summed E-state index contributed by atoms with van der Waals surface area (Å²) in [5, 5.41) is 8.87. The number of ether oxygens (including phenoxy) is 2. The van der Waals surface area contributed by atoms with Crippen LogP contribution in [-0.4, -0.2) is 20.3 Å². The molecule has 0 spiro atoms. The van der Waals surface area contributed by atoms with Gasteiger partial charge in [0, 0.05) is 20.1 Å². The maximum atomic E-state index is 8.87. The van der Waals surface area contributed by atoms with Crippen LogP contribution in [0.1, 0.15) is 12.0 Å². The van der Waals surface area contributed by atoms with E-state index in [0.717, 1.165) is 6.42 Å². The SMILES string of the molecule is COCCCOc1cccc(N)c1C#N. The lowest BCUT2D eigenvalue weighted by Crippen LogP contribution is -2.03. The standard InChI is InChI=1S/C11H14N2O2/c1-14-6-3-7-15-11-5-2-4-10(13)9(11)8-12/h2,4-5H,3,6-7,13H2,1H3. The number of nitrogens with two attached hydrogens (primary N) is 1. The molecule has 2 N–H and O–H groups in total. The molecule has 15 heavy (non-hydrogen) atoms. The number of nitriles is 1. The highest BCUT2D eigenvalue weighted by Gasteiger charge is 2.05. The van der Waals surface area contributed by atoms with Gasteiger partial charge >= 0.3 is 0 Å². The second-order valence-electron chi connectivity index (χ2n) is 3.03. The van der Waals surface area contributed by atoms with E-state index in [1.54, 1.807) is 25.3 Å². The van der Waals surface area contributed by atoms with Gasteiger partial charge < -0.3 is 15.2 Å². The summed E-state index contributed by atoms with van der Waals surface area (Å²) in [6.07, 6.45) is 0.788. The quantitative estimate of drug-likeness (QED) is 0.586. The summed E-state index contributed by atoms with van der Waals surface area (Å²) in [5.74, 6) is 0.536. The van der Waals surface area contributed by atoms with Gasteiger partial charge in [0.25, 0.3) is 0 Å². The molecule has 80 valence electrons. The largest absolute Gasteiger partial charge is 0.492 e. The average molecular weight is 206 g/mol. The molecular weight excluding hydrogens is 192 g/mol. The fourth-order valence-corrected chi connectivity index (χ4v) is 1.17. The normalized spacial score (nSPS) is 9.60. The Balaban J connectivity index is 2.61. The number of anilines is 1. The van der Waals surface area contributed by atoms with Gasteiger partial charge in [0.15, 0.2) is 0 Å². The van der Waals surface area contributed by atoms with E-state index in [2.05, 4.69) is 0 Å². The lowest BCUT2D eigenvalue weighted by Gasteiger charge is -2.08. The lowest BCUT2D eigenvalue weighted by atomic mass is 10.2. The predicted octanol–water partition coefficient (Wildman–Crippen LogP) is 1.56. The molecule has 4 nitrogen and oxygen atoms in total. The van der Waals surface area contributed by atoms with Crippen LogP contribution in [0.5, 0.6) is 5.75 Å². The van der Waals surface area contributed by atoms with E-state index in [4.69, 9.17) is 20.5 Å². The van der Waals surface area contributed by atoms with Crippen molar-refractivity contribution in [3.63, 3.8) is 0 Å². The first-order valence-electron chi connectivity index (χ1n) is 4.70. The molecule has 0 heterocycles. The minimum Gasteiger partial charge on any atom is -0.492 e. The van der Waals surface area contributed by atoms with Gasteiger partial charge in [-0.1, -0.05) is 6.07 Å². The van der Waals surface area contributed by atoms with Crippen LogP contribution in [0.3, 0.4) is 0 Å². The summed E-state index contributed by atoms with van der Waals surface area (Å²) in [6, 6.07) is 7.21. The van der Waals surface area contributed by atoms with Crippen LogP contribution in [0, 0.1) is 11.3 Å². The molecule has 1 aromatic carbocycles. The molecule has 0 amide bonds. The summed E-state index contributed by atoms with van der Waals surface area (Å²) >= 11 is 0. The number of methoxy groups -OCH3 is 1. The zero-order valence-corrected chi connectivity index (χ0v) is 8.69. The lowest BCUT2D eigenvalue weighted by molar-refractivity contribution is 0.172. The minimum absolute atomic E-state index is 0.398. The molecule has 0 aliphatic heterocycles. The van der Waals surface area contributed by atoms with Crippen molar-refractivity contribution in [1.82, 2.24) is 0 Å². The van der Waals surface area contributed by atoms with E-state index in [1.165, 1.54) is 0 Å². The molecule has 0 unspecified atom stereocenters. The van der Waals surface area contributed by atoms with Gasteiger partial charge in [-0.3, -0.25) is 0 Å². The molecule has 0 atom stereocenters. The van der Waals surface area contributed by atoms with Gasteiger partial charge in [-0.25, -0.2) is 0 Å². The van der Waals surface area contributed by atoms with Gasteiger partial charge in [-0.05, 0) is 12.1 Å². The number of nitrogen functional groups attached to an aromatic ring is 1. The molecule has 0 saturated heterocycles. The molecule has 0 radical (unpaired) electrons. The minimum atomic E-state index is 0.398. The number of hydrogen-bond acceptors (Lipinski definition) is 4. The predicted molar refractivity (Wildman–Crippen MR) is 57.6 cm³/mol. The van der Waals surface area contributed by atoms with Crippen molar-refractivity contribution >= 4 is 5.69 Å². The van der Waals surface area contributed by atoms with Gasteiger partial charge in [0.1, 0.15) is 17.4 Å². The first-order valence-corrected chi connectivity index (χ1v) is 4.70. The van der Waals surface area contributed by atoms with E-state index < -0.39 is 0 Å². The van der Waals surface area contributed by atoms with Gasteiger partial charge in [0.2, 0.25) is 0 Å². The van der Waals surface area contributed by atoms with Crippen molar-refractivity contribution in [1.29, 1.82) is 5.26 Å². The molecule has 0 aliphatic carbocycles. The summed E-state index contributed by atoms with van der Waals surface area (Å²) < 4.78 is 10.3. The van der Waals surface area contributed by atoms with Gasteiger partial charge in [0.05, 0.1) is 12.3 Å². The highest BCUT2D eigenvalue weighted by Crippen LogP contribution is 2.23. The Morgan fingerprint density at radius 2 is 2.20 bits per heavy atom. The van der Waals surface area contributed by atoms with E-state index in [0.29, 0.717) is 30.2 Å². The number of hydrogen-bond donors (Lipinski definition) is 1. The molecule has 4 heteroatoms. The molecule has 1 rings (SSSR count). The molecular formula is C11H14N2O2. The molecule has 1 aromatic rings. The summed E-state index contributed by atoms with van der Waals surface area (Å²) in [5.41, 5.74) is 6.48. The zero-order chi connectivity index (χ0) is 11.1. The van der Waals surface area contributed by atoms with Crippen LogP contribution in [0.15, 0.2) is 18.2 Å². The van der Waals surface area contributed by atoms with Crippen molar-refractivity contribution in [2.75, 3.05) is 26.1 Å². The highest BCUT2D eigenvalue weighted by atomic mass is 16.5. The van der Waals surface area contributed by atoms with Crippen LogP contribution < -0.4 is 10.5 Å². The highest BCUT2D eigenvalue weighted by molar-refractivity contribution is 5.60. The van der Waals surface area contributed by atoms with Crippen molar-refractivity contribution in [2.45, 2.75) is 6.42 Å². The zero-order valence-electron chi connectivity index (χ0n) is 8.69. The molecule has 0 aliphatic rings. The van der Waals surface area contributed by atoms with Crippen LogP contribution in [0.4, 0.5) is 5.69 Å². The first-order chi connectivity index (χ1) is 7.29. The van der Waals surface area contributed by atoms with Crippen molar-refractivity contribution in [2.24, 2.45) is 0 Å². The summed E-state index contributed by atoms with van der Waals surface area (Å²) in [6.45, 7) is 1.16. The molecule has 0 fully saturated rings. The van der Waals surface area contributed by atoms with Crippen molar-refractivity contribution < 1.29 is 9.47 Å². The Hall–Kier alpha value is -1.73. The second-order valence-corrected chi connectivity index (χ2v) is 3.03. The van der Waals surface area contributed by atoms with E-state index in [9.17, 15) is 0 Å². The Bertz CT molecular complexity index is 358. The van der Waals surface area contributed by atoms with Crippen LogP contribution in [0.25, 0.3) is 0 Å². The van der Waals surface area contributed by atoms with Gasteiger partial charge in [-0.15, -0.1) is 0 Å². The first kappa shape index (κ1) is 11.3. The third-order valence-electron chi connectivity index (χ3n) is 1.92.